The molecule has 1 saturated heterocycles. The zero-order valence-electron chi connectivity index (χ0n) is 24.7. The van der Waals surface area contributed by atoms with Gasteiger partial charge in [-0.05, 0) is 89.6 Å². The third-order valence-electron chi connectivity index (χ3n) is 8.89. The minimum absolute atomic E-state index is 0.0491. The first-order valence-electron chi connectivity index (χ1n) is 14.7. The molecule has 1 aliphatic heterocycles. The summed E-state index contributed by atoms with van der Waals surface area (Å²) in [5.74, 6) is -0.450. The third-order valence-corrected chi connectivity index (χ3v) is 8.89. The number of anilines is 1. The number of fused-ring (bicyclic) bond motifs is 1. The molecule has 0 bridgehead atoms. The minimum Gasteiger partial charge on any atom is -0.381 e. The number of aryl methyl sites for hydroxylation is 2. The molecule has 1 atom stereocenters. The number of carbonyl (C=O) groups excluding carboxylic acids is 1. The number of nitrogens with zero attached hydrogens (tertiary/aromatic N) is 5. The molecule has 2 amide bonds. The summed E-state index contributed by atoms with van der Waals surface area (Å²) < 4.78 is 41.9. The molecule has 222 valence electrons. The van der Waals surface area contributed by atoms with Gasteiger partial charge in [0.25, 0.3) is 0 Å². The van der Waals surface area contributed by atoms with Crippen molar-refractivity contribution in [1.82, 2.24) is 19.6 Å². The first kappa shape index (κ1) is 28.3. The topological polar surface area (TPSA) is 76.6 Å². The summed E-state index contributed by atoms with van der Waals surface area (Å²) >= 11 is 0. The fourth-order valence-corrected chi connectivity index (χ4v) is 6.73. The van der Waals surface area contributed by atoms with E-state index in [0.29, 0.717) is 18.7 Å². The summed E-state index contributed by atoms with van der Waals surface area (Å²) in [4.78, 5) is 22.5. The number of carbonyl (C=O) groups is 1. The molecular formula is C32H37F2N5O3. The second kappa shape index (κ2) is 11.1. The Labute approximate surface area is 244 Å². The molecule has 1 unspecified atom stereocenters. The van der Waals surface area contributed by atoms with Gasteiger partial charge in [-0.25, -0.2) is 18.6 Å². The molecule has 3 heterocycles. The number of benzene rings is 2. The standard InChI is InChI=1S/C32H37F2N5O3/c1-18(2)37-15-14-29(39(32(37)40)23-9-12-25(33)26(34)17-23)31-35-27-16-21(30-19(3)36-42-20(30)4)6-13-28(27)38(31)22-7-10-24(41-5)11-8-22/h6,9,12-13,16-18,22,24,29H,7-8,10-11,14-15H2,1-5H3. The fraction of sp³-hybridized carbons (Fsp3) is 0.469. The normalized spacial score (nSPS) is 21.6. The summed E-state index contributed by atoms with van der Waals surface area (Å²) in [5, 5.41) is 4.13. The van der Waals surface area contributed by atoms with Gasteiger partial charge in [-0.3, -0.25) is 4.90 Å². The molecule has 0 radical (unpaired) electrons. The number of halogens is 2. The van der Waals surface area contributed by atoms with Crippen molar-refractivity contribution in [1.29, 1.82) is 0 Å². The van der Waals surface area contributed by atoms with Crippen LogP contribution in [0.15, 0.2) is 40.9 Å². The number of hydrogen-bond acceptors (Lipinski definition) is 5. The number of imidazole rings is 1. The maximum atomic E-state index is 14.5. The molecule has 1 aliphatic carbocycles. The average molecular weight is 578 g/mol. The van der Waals surface area contributed by atoms with Gasteiger partial charge in [-0.1, -0.05) is 11.2 Å². The Morgan fingerprint density at radius 2 is 1.76 bits per heavy atom. The fourth-order valence-electron chi connectivity index (χ4n) is 6.73. The Balaban J connectivity index is 1.52. The predicted octanol–water partition coefficient (Wildman–Crippen LogP) is 7.50. The van der Waals surface area contributed by atoms with Crippen molar-refractivity contribution < 1.29 is 22.8 Å². The van der Waals surface area contributed by atoms with Gasteiger partial charge >= 0.3 is 6.03 Å². The Hall–Kier alpha value is -3.79. The van der Waals surface area contributed by atoms with Crippen LogP contribution in [0.25, 0.3) is 22.2 Å². The number of amides is 2. The van der Waals surface area contributed by atoms with Crippen LogP contribution in [0, 0.1) is 25.5 Å². The minimum atomic E-state index is -0.990. The molecule has 2 aromatic heterocycles. The van der Waals surface area contributed by atoms with E-state index in [1.54, 1.807) is 16.9 Å². The van der Waals surface area contributed by atoms with Crippen LogP contribution in [0.5, 0.6) is 0 Å². The molecule has 0 N–H and O–H groups in total. The predicted molar refractivity (Wildman–Crippen MR) is 156 cm³/mol. The highest BCUT2D eigenvalue weighted by Crippen LogP contribution is 2.42. The number of urea groups is 1. The van der Waals surface area contributed by atoms with Crippen LogP contribution in [0.3, 0.4) is 0 Å². The van der Waals surface area contributed by atoms with E-state index in [-0.39, 0.29) is 24.2 Å². The number of rotatable bonds is 6. The van der Waals surface area contributed by atoms with E-state index in [0.717, 1.165) is 77.3 Å². The second-order valence-corrected chi connectivity index (χ2v) is 11.8. The molecule has 1 saturated carbocycles. The van der Waals surface area contributed by atoms with E-state index in [9.17, 15) is 13.6 Å². The molecular weight excluding hydrogens is 540 g/mol. The van der Waals surface area contributed by atoms with Crippen molar-refractivity contribution in [2.24, 2.45) is 0 Å². The van der Waals surface area contributed by atoms with E-state index in [1.807, 2.05) is 27.7 Å². The molecule has 42 heavy (non-hydrogen) atoms. The molecule has 8 nitrogen and oxygen atoms in total. The first-order valence-corrected chi connectivity index (χ1v) is 14.7. The van der Waals surface area contributed by atoms with Crippen molar-refractivity contribution in [3.05, 3.63) is 65.3 Å². The van der Waals surface area contributed by atoms with Gasteiger partial charge in [-0.15, -0.1) is 0 Å². The number of ether oxygens (including phenoxy) is 1. The van der Waals surface area contributed by atoms with E-state index in [4.69, 9.17) is 14.2 Å². The molecule has 2 fully saturated rings. The maximum Gasteiger partial charge on any atom is 0.325 e. The lowest BCUT2D eigenvalue weighted by Crippen LogP contribution is -2.54. The lowest BCUT2D eigenvalue weighted by Gasteiger charge is -2.43. The van der Waals surface area contributed by atoms with Crippen molar-refractivity contribution in [3.8, 4) is 11.1 Å². The summed E-state index contributed by atoms with van der Waals surface area (Å²) in [7, 11) is 1.76. The molecule has 10 heteroatoms. The van der Waals surface area contributed by atoms with E-state index in [2.05, 4.69) is 27.9 Å². The Morgan fingerprint density at radius 3 is 2.40 bits per heavy atom. The van der Waals surface area contributed by atoms with Crippen LogP contribution in [0.2, 0.25) is 0 Å². The summed E-state index contributed by atoms with van der Waals surface area (Å²) in [6, 6.07) is 9.26. The van der Waals surface area contributed by atoms with Gasteiger partial charge in [0, 0.05) is 43.1 Å². The number of aromatic nitrogens is 3. The van der Waals surface area contributed by atoms with E-state index >= 15 is 0 Å². The zero-order chi connectivity index (χ0) is 29.7. The van der Waals surface area contributed by atoms with Gasteiger partial charge in [-0.2, -0.15) is 0 Å². The van der Waals surface area contributed by atoms with Crippen molar-refractivity contribution >= 4 is 22.8 Å². The van der Waals surface area contributed by atoms with Gasteiger partial charge in [0.05, 0.1) is 28.9 Å². The Morgan fingerprint density at radius 1 is 1.00 bits per heavy atom. The van der Waals surface area contributed by atoms with Crippen LogP contribution >= 0.6 is 0 Å². The Bertz CT molecular complexity index is 1600. The monoisotopic (exact) mass is 577 g/mol. The van der Waals surface area contributed by atoms with Crippen LogP contribution < -0.4 is 4.90 Å². The third kappa shape index (κ3) is 4.85. The average Bonchev–Trinajstić information content (AvgIpc) is 3.52. The highest BCUT2D eigenvalue weighted by molar-refractivity contribution is 5.94. The van der Waals surface area contributed by atoms with Gasteiger partial charge in [0.1, 0.15) is 11.6 Å². The molecule has 6 rings (SSSR count). The second-order valence-electron chi connectivity index (χ2n) is 11.8. The molecule has 4 aromatic rings. The molecule has 2 aliphatic rings. The maximum absolute atomic E-state index is 14.5. The summed E-state index contributed by atoms with van der Waals surface area (Å²) in [6.07, 6.45) is 4.49. The SMILES string of the molecule is COC1CCC(n2c(C3CCN(C(C)C)C(=O)N3c3ccc(F)c(F)c3)nc3cc(-c4c(C)noc4C)ccc32)CC1. The van der Waals surface area contributed by atoms with E-state index < -0.39 is 17.7 Å². The quantitative estimate of drug-likeness (QED) is 0.237. The van der Waals surface area contributed by atoms with Gasteiger partial charge < -0.3 is 18.7 Å². The number of hydrogen-bond donors (Lipinski definition) is 0. The molecule has 2 aromatic carbocycles. The van der Waals surface area contributed by atoms with Crippen LogP contribution in [0.4, 0.5) is 19.3 Å². The highest BCUT2D eigenvalue weighted by Gasteiger charge is 2.40. The van der Waals surface area contributed by atoms with Crippen LogP contribution in [-0.2, 0) is 4.74 Å². The van der Waals surface area contributed by atoms with Crippen LogP contribution in [0.1, 0.15) is 75.3 Å². The Kier molecular flexibility index (Phi) is 7.51. The number of methoxy groups -OCH3 is 1. The summed E-state index contributed by atoms with van der Waals surface area (Å²) in [6.45, 7) is 8.27. The van der Waals surface area contributed by atoms with Crippen molar-refractivity contribution in [3.63, 3.8) is 0 Å². The largest absolute Gasteiger partial charge is 0.381 e. The first-order chi connectivity index (χ1) is 20.2. The van der Waals surface area contributed by atoms with Gasteiger partial charge in [0.15, 0.2) is 11.6 Å². The lowest BCUT2D eigenvalue weighted by molar-refractivity contribution is 0.0583. The van der Waals surface area contributed by atoms with Crippen LogP contribution in [-0.4, -0.2) is 51.4 Å². The van der Waals surface area contributed by atoms with E-state index in [1.165, 1.54) is 6.07 Å². The highest BCUT2D eigenvalue weighted by atomic mass is 19.2. The zero-order valence-corrected chi connectivity index (χ0v) is 24.7. The smallest absolute Gasteiger partial charge is 0.325 e. The van der Waals surface area contributed by atoms with Crippen molar-refractivity contribution in [2.75, 3.05) is 18.6 Å². The lowest BCUT2D eigenvalue weighted by atomic mass is 9.92. The van der Waals surface area contributed by atoms with Crippen molar-refractivity contribution in [2.45, 2.75) is 84.0 Å². The molecule has 0 spiro atoms. The van der Waals surface area contributed by atoms with Gasteiger partial charge in [0.2, 0.25) is 0 Å². The summed E-state index contributed by atoms with van der Waals surface area (Å²) in [5.41, 5.74) is 4.80.